The molecule has 3 aliphatic rings. The molecule has 1 nitrogen and oxygen atoms in total. The number of fused-ring (bicyclic) bond motifs is 13. The Balaban J connectivity index is 1.16. The van der Waals surface area contributed by atoms with E-state index in [-0.39, 0.29) is 0 Å². The fourth-order valence-corrected chi connectivity index (χ4v) is 10.9. The molecule has 9 aromatic rings. The molecule has 57 heavy (non-hydrogen) atoms. The van der Waals surface area contributed by atoms with Gasteiger partial charge in [0.25, 0.3) is 0 Å². The molecule has 0 unspecified atom stereocenters. The van der Waals surface area contributed by atoms with Gasteiger partial charge in [0.15, 0.2) is 0 Å². The molecule has 1 spiro atoms. The van der Waals surface area contributed by atoms with E-state index in [0.717, 1.165) is 11.4 Å². The highest BCUT2D eigenvalue weighted by Crippen LogP contribution is 2.65. The van der Waals surface area contributed by atoms with Crippen molar-refractivity contribution in [3.63, 3.8) is 0 Å². The van der Waals surface area contributed by atoms with Gasteiger partial charge in [-0.05, 0) is 103 Å². The van der Waals surface area contributed by atoms with Gasteiger partial charge < -0.3 is 4.90 Å². The number of hydrogen-bond acceptors (Lipinski definition) is 1. The predicted octanol–water partition coefficient (Wildman–Crippen LogP) is 13.9. The largest absolute Gasteiger partial charge is 0.310 e. The molecule has 0 amide bonds. The molecule has 3 aliphatic carbocycles. The number of anilines is 3. The molecule has 1 heteroatoms. The van der Waals surface area contributed by atoms with Crippen molar-refractivity contribution in [2.75, 3.05) is 4.90 Å². The first kappa shape index (κ1) is 32.1. The molecule has 0 saturated heterocycles. The monoisotopic (exact) mass is 723 g/mol. The Morgan fingerprint density at radius 3 is 1.25 bits per heavy atom. The van der Waals surface area contributed by atoms with Crippen LogP contribution in [0.25, 0.3) is 33.4 Å². The van der Waals surface area contributed by atoms with E-state index < -0.39 is 10.8 Å². The maximum atomic E-state index is 2.51. The zero-order valence-corrected chi connectivity index (χ0v) is 31.3. The van der Waals surface area contributed by atoms with Crippen LogP contribution in [0.5, 0.6) is 0 Å². The standard InChI is InChI=1S/C56H37N/c1-4-19-38(20-5-1)55(39-21-6-2-7-22-39)47-29-14-10-27-44(47)45-36-35-41(37-52(45)55)57(40-23-8-3-9-24-40)53-34-18-33-51-54(53)46-28-13-17-32-50(46)56(51)48-30-15-11-25-42(48)43-26-12-16-31-49(43)56/h1-37H. The highest BCUT2D eigenvalue weighted by atomic mass is 15.1. The minimum absolute atomic E-state index is 0.424. The third-order valence-corrected chi connectivity index (χ3v) is 13.0. The number of benzene rings is 9. The Kier molecular flexibility index (Phi) is 6.83. The second-order valence-corrected chi connectivity index (χ2v) is 15.5. The second kappa shape index (κ2) is 12.1. The normalized spacial score (nSPS) is 14.2. The average Bonchev–Trinajstić information content (AvgIpc) is 3.88. The van der Waals surface area contributed by atoms with E-state index in [2.05, 4.69) is 229 Å². The number of rotatable bonds is 5. The van der Waals surface area contributed by atoms with E-state index in [1.165, 1.54) is 83.6 Å². The van der Waals surface area contributed by atoms with Crippen LogP contribution in [0.15, 0.2) is 224 Å². The first-order valence-electron chi connectivity index (χ1n) is 19.9. The van der Waals surface area contributed by atoms with Crippen LogP contribution < -0.4 is 4.90 Å². The topological polar surface area (TPSA) is 3.24 Å². The van der Waals surface area contributed by atoms with E-state index in [4.69, 9.17) is 0 Å². The van der Waals surface area contributed by atoms with Crippen LogP contribution in [-0.4, -0.2) is 0 Å². The van der Waals surface area contributed by atoms with Crippen LogP contribution >= 0.6 is 0 Å². The number of para-hydroxylation sites is 1. The SMILES string of the molecule is c1ccc(N(c2ccc3c(c2)C(c2ccccc2)(c2ccccc2)c2ccccc2-3)c2cccc3c2-c2ccccc2C32c3ccccc3-c3ccccc32)cc1. The van der Waals surface area contributed by atoms with Crippen molar-refractivity contribution in [1.29, 1.82) is 0 Å². The summed E-state index contributed by atoms with van der Waals surface area (Å²) in [6.45, 7) is 0. The molecule has 0 N–H and O–H groups in total. The van der Waals surface area contributed by atoms with Gasteiger partial charge in [-0.2, -0.15) is 0 Å². The Morgan fingerprint density at radius 2 is 0.684 bits per heavy atom. The van der Waals surface area contributed by atoms with Gasteiger partial charge in [0, 0.05) is 16.9 Å². The van der Waals surface area contributed by atoms with Gasteiger partial charge in [-0.3, -0.25) is 0 Å². The lowest BCUT2D eigenvalue weighted by atomic mass is 9.67. The molecule has 0 bridgehead atoms. The molecule has 0 heterocycles. The molecule has 0 atom stereocenters. The quantitative estimate of drug-likeness (QED) is 0.171. The lowest BCUT2D eigenvalue weighted by Crippen LogP contribution is -2.28. The molecule has 0 aromatic heterocycles. The summed E-state index contributed by atoms with van der Waals surface area (Å²) in [6, 6.07) is 83.6. The second-order valence-electron chi connectivity index (χ2n) is 15.5. The van der Waals surface area contributed by atoms with Crippen molar-refractivity contribution in [2.24, 2.45) is 0 Å². The van der Waals surface area contributed by atoms with Crippen LogP contribution in [0.2, 0.25) is 0 Å². The molecular weight excluding hydrogens is 687 g/mol. The fourth-order valence-electron chi connectivity index (χ4n) is 10.9. The van der Waals surface area contributed by atoms with E-state index in [0.29, 0.717) is 0 Å². The molecule has 0 fully saturated rings. The highest BCUT2D eigenvalue weighted by Gasteiger charge is 2.52. The third-order valence-electron chi connectivity index (χ3n) is 13.0. The summed E-state index contributed by atoms with van der Waals surface area (Å²) >= 11 is 0. The van der Waals surface area contributed by atoms with Gasteiger partial charge in [0.05, 0.1) is 16.5 Å². The summed E-state index contributed by atoms with van der Waals surface area (Å²) in [7, 11) is 0. The van der Waals surface area contributed by atoms with Gasteiger partial charge in [-0.1, -0.05) is 194 Å². The third kappa shape index (κ3) is 4.18. The zero-order chi connectivity index (χ0) is 37.6. The summed E-state index contributed by atoms with van der Waals surface area (Å²) < 4.78 is 0. The highest BCUT2D eigenvalue weighted by molar-refractivity contribution is 6.01. The van der Waals surface area contributed by atoms with E-state index >= 15 is 0 Å². The van der Waals surface area contributed by atoms with Gasteiger partial charge in [0.1, 0.15) is 0 Å². The Morgan fingerprint density at radius 1 is 0.263 bits per heavy atom. The van der Waals surface area contributed by atoms with Crippen molar-refractivity contribution in [3.05, 3.63) is 269 Å². The van der Waals surface area contributed by atoms with Crippen molar-refractivity contribution in [3.8, 4) is 33.4 Å². The van der Waals surface area contributed by atoms with Crippen LogP contribution in [0, 0.1) is 0 Å². The minimum Gasteiger partial charge on any atom is -0.310 e. The lowest BCUT2D eigenvalue weighted by Gasteiger charge is -2.35. The van der Waals surface area contributed by atoms with Crippen LogP contribution in [0.3, 0.4) is 0 Å². The van der Waals surface area contributed by atoms with Crippen LogP contribution in [0.1, 0.15) is 44.5 Å². The minimum atomic E-state index is -0.501. The molecule has 12 rings (SSSR count). The Hall–Kier alpha value is -7.22. The van der Waals surface area contributed by atoms with Crippen molar-refractivity contribution >= 4 is 17.1 Å². The molecule has 0 radical (unpaired) electrons. The van der Waals surface area contributed by atoms with E-state index in [9.17, 15) is 0 Å². The van der Waals surface area contributed by atoms with Crippen molar-refractivity contribution in [2.45, 2.75) is 10.8 Å². The smallest absolute Gasteiger partial charge is 0.0726 e. The summed E-state index contributed by atoms with van der Waals surface area (Å²) in [6.07, 6.45) is 0. The van der Waals surface area contributed by atoms with Gasteiger partial charge in [-0.25, -0.2) is 0 Å². The molecular formula is C56H37N. The van der Waals surface area contributed by atoms with Crippen molar-refractivity contribution in [1.82, 2.24) is 0 Å². The molecule has 0 aliphatic heterocycles. The maximum absolute atomic E-state index is 2.51. The first-order valence-corrected chi connectivity index (χ1v) is 19.9. The predicted molar refractivity (Wildman–Crippen MR) is 235 cm³/mol. The molecule has 266 valence electrons. The van der Waals surface area contributed by atoms with Crippen molar-refractivity contribution < 1.29 is 0 Å². The van der Waals surface area contributed by atoms with Gasteiger partial charge in [-0.15, -0.1) is 0 Å². The first-order chi connectivity index (χ1) is 28.3. The average molecular weight is 724 g/mol. The van der Waals surface area contributed by atoms with E-state index in [1.54, 1.807) is 0 Å². The summed E-state index contributed by atoms with van der Waals surface area (Å²) in [4.78, 5) is 2.51. The number of hydrogen-bond donors (Lipinski definition) is 0. The van der Waals surface area contributed by atoms with Crippen LogP contribution in [-0.2, 0) is 10.8 Å². The summed E-state index contributed by atoms with van der Waals surface area (Å²) in [5, 5.41) is 0. The lowest BCUT2D eigenvalue weighted by molar-refractivity contribution is 0.768. The summed E-state index contributed by atoms with van der Waals surface area (Å²) in [5.41, 5.74) is 20.8. The van der Waals surface area contributed by atoms with Crippen LogP contribution in [0.4, 0.5) is 17.1 Å². The fraction of sp³-hybridized carbons (Fsp3) is 0.0357. The molecule has 0 saturated carbocycles. The Bertz CT molecular complexity index is 2930. The molecule has 9 aromatic carbocycles. The maximum Gasteiger partial charge on any atom is 0.0726 e. The van der Waals surface area contributed by atoms with Gasteiger partial charge in [0.2, 0.25) is 0 Å². The number of nitrogens with zero attached hydrogens (tertiary/aromatic N) is 1. The van der Waals surface area contributed by atoms with E-state index in [1.807, 2.05) is 0 Å². The Labute approximate surface area is 333 Å². The van der Waals surface area contributed by atoms with Gasteiger partial charge >= 0.3 is 0 Å². The zero-order valence-electron chi connectivity index (χ0n) is 31.3. The summed E-state index contributed by atoms with van der Waals surface area (Å²) in [5.74, 6) is 0.